The van der Waals surface area contributed by atoms with Crippen LogP contribution in [0, 0.1) is 12.8 Å². The van der Waals surface area contributed by atoms with Crippen molar-refractivity contribution in [1.29, 1.82) is 0 Å². The van der Waals surface area contributed by atoms with Gasteiger partial charge in [0.1, 0.15) is 0 Å². The lowest BCUT2D eigenvalue weighted by Gasteiger charge is -2.17. The SMILES string of the molecule is CCC(C)C(O)CNC(=O)C(=O)Nc1cc(C(F)(F)F)ccc1C. The molecule has 0 heterocycles. The zero-order valence-corrected chi connectivity index (χ0v) is 13.7. The molecule has 2 unspecified atom stereocenters. The molecule has 1 rings (SSSR count). The second-order valence-corrected chi connectivity index (χ2v) is 5.64. The molecule has 24 heavy (non-hydrogen) atoms. The Labute approximate surface area is 138 Å². The van der Waals surface area contributed by atoms with Crippen molar-refractivity contribution in [3.8, 4) is 0 Å². The molecule has 3 N–H and O–H groups in total. The van der Waals surface area contributed by atoms with Gasteiger partial charge in [-0.3, -0.25) is 9.59 Å². The van der Waals surface area contributed by atoms with E-state index in [4.69, 9.17) is 0 Å². The van der Waals surface area contributed by atoms with Crippen LogP contribution >= 0.6 is 0 Å². The normalized spacial score (nSPS) is 14.0. The van der Waals surface area contributed by atoms with Gasteiger partial charge in [0.25, 0.3) is 0 Å². The second-order valence-electron chi connectivity index (χ2n) is 5.64. The molecule has 5 nitrogen and oxygen atoms in total. The van der Waals surface area contributed by atoms with Crippen molar-refractivity contribution in [3.63, 3.8) is 0 Å². The van der Waals surface area contributed by atoms with Crippen LogP contribution in [0.25, 0.3) is 0 Å². The zero-order valence-electron chi connectivity index (χ0n) is 13.7. The standard InChI is InChI=1S/C16H21F3N2O3/c1-4-9(2)13(22)8-20-14(23)15(24)21-12-7-11(16(17,18)19)6-5-10(12)3/h5-7,9,13,22H,4,8H2,1-3H3,(H,20,23)(H,21,24). The molecule has 0 spiro atoms. The number of aryl methyl sites for hydroxylation is 1. The highest BCUT2D eigenvalue weighted by molar-refractivity contribution is 6.39. The van der Waals surface area contributed by atoms with Crippen molar-refractivity contribution in [2.75, 3.05) is 11.9 Å². The van der Waals surface area contributed by atoms with Crippen LogP contribution in [0.15, 0.2) is 18.2 Å². The molecule has 0 saturated carbocycles. The number of benzene rings is 1. The third-order valence-electron chi connectivity index (χ3n) is 3.79. The molecule has 0 aliphatic carbocycles. The third-order valence-corrected chi connectivity index (χ3v) is 3.79. The Kier molecular flexibility index (Phi) is 6.77. The van der Waals surface area contributed by atoms with Crippen molar-refractivity contribution in [2.45, 2.75) is 39.5 Å². The number of aliphatic hydroxyl groups excluding tert-OH is 1. The molecule has 1 aromatic carbocycles. The maximum absolute atomic E-state index is 12.7. The Morgan fingerprint density at radius 1 is 1.25 bits per heavy atom. The summed E-state index contributed by atoms with van der Waals surface area (Å²) in [5.41, 5.74) is -0.618. The predicted molar refractivity (Wildman–Crippen MR) is 83.3 cm³/mol. The molecule has 0 radical (unpaired) electrons. The van der Waals surface area contributed by atoms with Crippen LogP contribution in [0.3, 0.4) is 0 Å². The van der Waals surface area contributed by atoms with Crippen molar-refractivity contribution in [2.24, 2.45) is 5.92 Å². The molecule has 1 aromatic rings. The smallest absolute Gasteiger partial charge is 0.391 e. The fraction of sp³-hybridized carbons (Fsp3) is 0.500. The monoisotopic (exact) mass is 346 g/mol. The Morgan fingerprint density at radius 3 is 2.42 bits per heavy atom. The first-order valence-electron chi connectivity index (χ1n) is 7.51. The van der Waals surface area contributed by atoms with E-state index in [2.05, 4.69) is 10.6 Å². The number of carbonyl (C=O) groups is 2. The molecule has 0 aliphatic rings. The van der Waals surface area contributed by atoms with Gasteiger partial charge in [-0.05, 0) is 30.5 Å². The summed E-state index contributed by atoms with van der Waals surface area (Å²) in [6.07, 6.45) is -4.65. The average molecular weight is 346 g/mol. The van der Waals surface area contributed by atoms with E-state index >= 15 is 0 Å². The van der Waals surface area contributed by atoms with Crippen molar-refractivity contribution in [1.82, 2.24) is 5.32 Å². The Balaban J connectivity index is 2.72. The van der Waals surface area contributed by atoms with Crippen molar-refractivity contribution < 1.29 is 27.9 Å². The number of amides is 2. The van der Waals surface area contributed by atoms with Crippen LogP contribution in [0.2, 0.25) is 0 Å². The Bertz CT molecular complexity index is 603. The second kappa shape index (κ2) is 8.14. The lowest BCUT2D eigenvalue weighted by atomic mass is 10.0. The quantitative estimate of drug-likeness (QED) is 0.717. The molecule has 0 bridgehead atoms. The van der Waals surface area contributed by atoms with E-state index in [0.717, 1.165) is 12.1 Å². The first kappa shape index (κ1) is 20.0. The van der Waals surface area contributed by atoms with Crippen LogP contribution < -0.4 is 10.6 Å². The van der Waals surface area contributed by atoms with Crippen molar-refractivity contribution in [3.05, 3.63) is 29.3 Å². The van der Waals surface area contributed by atoms with E-state index in [-0.39, 0.29) is 18.2 Å². The molecule has 2 amide bonds. The fourth-order valence-electron chi connectivity index (χ4n) is 1.86. The number of anilines is 1. The molecular formula is C16H21F3N2O3. The lowest BCUT2D eigenvalue weighted by Crippen LogP contribution is -2.41. The number of hydrogen-bond donors (Lipinski definition) is 3. The summed E-state index contributed by atoms with van der Waals surface area (Å²) < 4.78 is 38.1. The minimum Gasteiger partial charge on any atom is -0.391 e. The average Bonchev–Trinajstić information content (AvgIpc) is 2.52. The molecule has 2 atom stereocenters. The van der Waals surface area contributed by atoms with E-state index < -0.39 is 29.7 Å². The minimum atomic E-state index is -4.55. The van der Waals surface area contributed by atoms with Crippen LogP contribution in [0.5, 0.6) is 0 Å². The highest BCUT2D eigenvalue weighted by Crippen LogP contribution is 2.31. The van der Waals surface area contributed by atoms with Gasteiger partial charge in [-0.2, -0.15) is 13.2 Å². The van der Waals surface area contributed by atoms with E-state index in [0.29, 0.717) is 12.0 Å². The van der Waals surface area contributed by atoms with Gasteiger partial charge >= 0.3 is 18.0 Å². The van der Waals surface area contributed by atoms with Gasteiger partial charge in [0.05, 0.1) is 11.7 Å². The Hall–Kier alpha value is -2.09. The summed E-state index contributed by atoms with van der Waals surface area (Å²) in [7, 11) is 0. The van der Waals surface area contributed by atoms with Gasteiger partial charge in [-0.15, -0.1) is 0 Å². The van der Waals surface area contributed by atoms with Gasteiger partial charge in [-0.25, -0.2) is 0 Å². The van der Waals surface area contributed by atoms with Crippen LogP contribution in [0.4, 0.5) is 18.9 Å². The summed E-state index contributed by atoms with van der Waals surface area (Å²) >= 11 is 0. The van der Waals surface area contributed by atoms with Gasteiger partial charge in [0.2, 0.25) is 0 Å². The Morgan fingerprint density at radius 2 is 1.88 bits per heavy atom. The van der Waals surface area contributed by atoms with E-state index in [1.54, 1.807) is 6.92 Å². The number of alkyl halides is 3. The maximum atomic E-state index is 12.7. The number of hydrogen-bond acceptors (Lipinski definition) is 3. The summed E-state index contributed by atoms with van der Waals surface area (Å²) in [5, 5.41) is 14.2. The zero-order chi connectivity index (χ0) is 18.5. The van der Waals surface area contributed by atoms with E-state index in [1.165, 1.54) is 13.0 Å². The lowest BCUT2D eigenvalue weighted by molar-refractivity contribution is -0.137. The number of carbonyl (C=O) groups excluding carboxylic acids is 2. The summed E-state index contributed by atoms with van der Waals surface area (Å²) in [5.74, 6) is -2.16. The van der Waals surface area contributed by atoms with Crippen LogP contribution in [-0.2, 0) is 15.8 Å². The summed E-state index contributed by atoms with van der Waals surface area (Å²) in [6, 6.07) is 2.88. The molecule has 8 heteroatoms. The predicted octanol–water partition coefficient (Wildman–Crippen LogP) is 2.48. The number of halogens is 3. The molecule has 0 aliphatic heterocycles. The molecule has 0 saturated heterocycles. The first-order valence-corrected chi connectivity index (χ1v) is 7.51. The van der Waals surface area contributed by atoms with E-state index in [9.17, 15) is 27.9 Å². The van der Waals surface area contributed by atoms with E-state index in [1.807, 2.05) is 6.92 Å². The number of aliphatic hydroxyl groups is 1. The van der Waals surface area contributed by atoms with Gasteiger partial charge in [-0.1, -0.05) is 26.3 Å². The summed E-state index contributed by atoms with van der Waals surface area (Å²) in [4.78, 5) is 23.5. The largest absolute Gasteiger partial charge is 0.416 e. The fourth-order valence-corrected chi connectivity index (χ4v) is 1.86. The first-order chi connectivity index (χ1) is 11.1. The molecule has 0 fully saturated rings. The van der Waals surface area contributed by atoms with Gasteiger partial charge in [0, 0.05) is 12.2 Å². The summed E-state index contributed by atoms with van der Waals surface area (Å²) in [6.45, 7) is 5.07. The number of nitrogens with one attached hydrogen (secondary N) is 2. The number of rotatable bonds is 5. The third kappa shape index (κ3) is 5.52. The molecule has 0 aromatic heterocycles. The van der Waals surface area contributed by atoms with Gasteiger partial charge < -0.3 is 15.7 Å². The van der Waals surface area contributed by atoms with Crippen molar-refractivity contribution >= 4 is 17.5 Å². The highest BCUT2D eigenvalue weighted by atomic mass is 19.4. The van der Waals surface area contributed by atoms with Gasteiger partial charge in [0.15, 0.2) is 0 Å². The van der Waals surface area contributed by atoms with Crippen LogP contribution in [-0.4, -0.2) is 29.6 Å². The molecule has 134 valence electrons. The van der Waals surface area contributed by atoms with Crippen LogP contribution in [0.1, 0.15) is 31.4 Å². The molecular weight excluding hydrogens is 325 g/mol. The minimum absolute atomic E-state index is 0.0564. The highest BCUT2D eigenvalue weighted by Gasteiger charge is 2.31. The topological polar surface area (TPSA) is 78.4 Å². The maximum Gasteiger partial charge on any atom is 0.416 e.